The lowest BCUT2D eigenvalue weighted by atomic mass is 10.2. The maximum Gasteiger partial charge on any atom is 0.0785 e. The molecule has 0 radical (unpaired) electrons. The summed E-state index contributed by atoms with van der Waals surface area (Å²) in [7, 11) is 2.42. The van der Waals surface area contributed by atoms with Crippen molar-refractivity contribution in [3.8, 4) is 0 Å². The third-order valence-electron chi connectivity index (χ3n) is 1.34. The van der Waals surface area contributed by atoms with Crippen LogP contribution in [0.4, 0.5) is 10.1 Å². The molecule has 0 aliphatic carbocycles. The van der Waals surface area contributed by atoms with Crippen molar-refractivity contribution < 1.29 is 4.39 Å². The van der Waals surface area contributed by atoms with Gasteiger partial charge in [0.05, 0.1) is 7.18 Å². The van der Waals surface area contributed by atoms with Crippen LogP contribution in [-0.4, -0.2) is 14.2 Å². The predicted molar refractivity (Wildman–Crippen MR) is 47.8 cm³/mol. The number of aryl methyl sites for hydroxylation is 1. The Bertz CT molecular complexity index is 181. The molecule has 0 aliphatic heterocycles. The van der Waals surface area contributed by atoms with Gasteiger partial charge in [-0.15, -0.1) is 0 Å². The first-order chi connectivity index (χ1) is 5.33. The summed E-state index contributed by atoms with van der Waals surface area (Å²) in [6.07, 6.45) is 0. The summed E-state index contributed by atoms with van der Waals surface area (Å²) in [5, 5.41) is 3.05. The van der Waals surface area contributed by atoms with Gasteiger partial charge in [-0.1, -0.05) is 17.7 Å². The molecule has 0 fully saturated rings. The molecule has 11 heavy (non-hydrogen) atoms. The van der Waals surface area contributed by atoms with Gasteiger partial charge in [-0.25, -0.2) is 0 Å². The van der Waals surface area contributed by atoms with Gasteiger partial charge in [0.1, 0.15) is 0 Å². The zero-order chi connectivity index (χ0) is 8.69. The molecule has 0 atom stereocenters. The minimum atomic E-state index is 0.500. The molecule has 0 amide bonds. The molecule has 0 spiro atoms. The molecule has 1 N–H and O–H groups in total. The minimum absolute atomic E-state index is 0.500. The summed E-state index contributed by atoms with van der Waals surface area (Å²) in [6, 6.07) is 8.31. The van der Waals surface area contributed by atoms with Gasteiger partial charge in [0.25, 0.3) is 0 Å². The molecular weight excluding hydrogens is 141 g/mol. The second-order valence-corrected chi connectivity index (χ2v) is 2.12. The third kappa shape index (κ3) is 3.61. The topological polar surface area (TPSA) is 12.0 Å². The lowest BCUT2D eigenvalue weighted by Crippen LogP contribution is -1.85. The zero-order valence-electron chi connectivity index (χ0n) is 7.19. The molecule has 0 bridgehead atoms. The van der Waals surface area contributed by atoms with Crippen LogP contribution in [0.3, 0.4) is 0 Å². The number of hydrogen-bond acceptors (Lipinski definition) is 1. The summed E-state index contributed by atoms with van der Waals surface area (Å²) >= 11 is 0. The minimum Gasteiger partial charge on any atom is -0.388 e. The van der Waals surface area contributed by atoms with Crippen LogP contribution >= 0.6 is 0 Å². The second kappa shape index (κ2) is 5.71. The highest BCUT2D eigenvalue weighted by Crippen LogP contribution is 2.06. The fourth-order valence-electron chi connectivity index (χ4n) is 0.720. The number of rotatable bonds is 1. The molecule has 1 aromatic carbocycles. The number of benzene rings is 1. The van der Waals surface area contributed by atoms with Gasteiger partial charge in [0.15, 0.2) is 0 Å². The molecule has 1 aromatic rings. The quantitative estimate of drug-likeness (QED) is 0.657. The van der Waals surface area contributed by atoms with E-state index in [-0.39, 0.29) is 0 Å². The molecule has 1 nitrogen and oxygen atoms in total. The smallest absolute Gasteiger partial charge is 0.0785 e. The molecule has 0 saturated heterocycles. The van der Waals surface area contributed by atoms with E-state index in [1.54, 1.807) is 0 Å². The molecular formula is C9H14FN. The Kier molecular flexibility index (Phi) is 5.17. The summed E-state index contributed by atoms with van der Waals surface area (Å²) in [6.45, 7) is 2.08. The van der Waals surface area contributed by atoms with Crippen LogP contribution in [0.25, 0.3) is 0 Å². The van der Waals surface area contributed by atoms with E-state index < -0.39 is 0 Å². The van der Waals surface area contributed by atoms with Crippen LogP contribution < -0.4 is 5.32 Å². The van der Waals surface area contributed by atoms with Crippen molar-refractivity contribution >= 4 is 5.69 Å². The Morgan fingerprint density at radius 3 is 1.91 bits per heavy atom. The number of alkyl halides is 1. The second-order valence-electron chi connectivity index (χ2n) is 2.12. The van der Waals surface area contributed by atoms with Crippen molar-refractivity contribution in [2.75, 3.05) is 19.5 Å². The van der Waals surface area contributed by atoms with E-state index in [2.05, 4.69) is 36.5 Å². The number of hydrogen-bond donors (Lipinski definition) is 1. The van der Waals surface area contributed by atoms with E-state index >= 15 is 0 Å². The fourth-order valence-corrected chi connectivity index (χ4v) is 0.720. The first-order valence-corrected chi connectivity index (χ1v) is 3.45. The lowest BCUT2D eigenvalue weighted by molar-refractivity contribution is 0.636. The molecule has 0 saturated carbocycles. The first kappa shape index (κ1) is 9.95. The highest BCUT2D eigenvalue weighted by Gasteiger charge is 1.83. The normalized spacial score (nSPS) is 8.00. The van der Waals surface area contributed by atoms with Gasteiger partial charge in [0.2, 0.25) is 0 Å². The molecule has 0 aromatic heterocycles. The molecule has 0 aliphatic rings. The number of nitrogens with one attached hydrogen (secondary N) is 1. The first-order valence-electron chi connectivity index (χ1n) is 3.45. The number of halogens is 1. The van der Waals surface area contributed by atoms with Crippen LogP contribution in [0.5, 0.6) is 0 Å². The van der Waals surface area contributed by atoms with E-state index in [9.17, 15) is 4.39 Å². The largest absolute Gasteiger partial charge is 0.388 e. The van der Waals surface area contributed by atoms with E-state index in [0.717, 1.165) is 0 Å². The monoisotopic (exact) mass is 155 g/mol. The Labute approximate surface area is 67.2 Å². The number of anilines is 1. The Morgan fingerprint density at radius 2 is 1.55 bits per heavy atom. The van der Waals surface area contributed by atoms with Crippen LogP contribution in [0.15, 0.2) is 24.3 Å². The van der Waals surface area contributed by atoms with Crippen LogP contribution in [0.1, 0.15) is 5.56 Å². The van der Waals surface area contributed by atoms with Crippen molar-refractivity contribution in [2.45, 2.75) is 6.92 Å². The Balaban J connectivity index is 0.000000461. The molecule has 0 heterocycles. The van der Waals surface area contributed by atoms with Crippen molar-refractivity contribution in [3.05, 3.63) is 29.8 Å². The third-order valence-corrected chi connectivity index (χ3v) is 1.34. The molecule has 2 heteroatoms. The average Bonchev–Trinajstić information content (AvgIpc) is 2.10. The van der Waals surface area contributed by atoms with Gasteiger partial charge in [-0.3, -0.25) is 4.39 Å². The molecule has 0 unspecified atom stereocenters. The van der Waals surface area contributed by atoms with E-state index in [4.69, 9.17) is 0 Å². The van der Waals surface area contributed by atoms with Gasteiger partial charge >= 0.3 is 0 Å². The van der Waals surface area contributed by atoms with Crippen molar-refractivity contribution in [2.24, 2.45) is 0 Å². The SMILES string of the molecule is CF.CNc1ccc(C)cc1. The van der Waals surface area contributed by atoms with Gasteiger partial charge < -0.3 is 5.32 Å². The maximum absolute atomic E-state index is 9.50. The van der Waals surface area contributed by atoms with Crippen molar-refractivity contribution in [3.63, 3.8) is 0 Å². The fraction of sp³-hybridized carbons (Fsp3) is 0.333. The van der Waals surface area contributed by atoms with E-state index in [1.165, 1.54) is 11.3 Å². The average molecular weight is 155 g/mol. The highest BCUT2D eigenvalue weighted by atomic mass is 19.1. The Morgan fingerprint density at radius 1 is 1.09 bits per heavy atom. The van der Waals surface area contributed by atoms with Gasteiger partial charge in [0, 0.05) is 12.7 Å². The lowest BCUT2D eigenvalue weighted by Gasteiger charge is -1.97. The van der Waals surface area contributed by atoms with E-state index in [1.807, 2.05) is 7.05 Å². The van der Waals surface area contributed by atoms with Crippen LogP contribution in [0.2, 0.25) is 0 Å². The highest BCUT2D eigenvalue weighted by molar-refractivity contribution is 5.43. The zero-order valence-corrected chi connectivity index (χ0v) is 7.19. The van der Waals surface area contributed by atoms with Crippen LogP contribution in [-0.2, 0) is 0 Å². The van der Waals surface area contributed by atoms with Gasteiger partial charge in [-0.05, 0) is 19.1 Å². The maximum atomic E-state index is 9.50. The van der Waals surface area contributed by atoms with E-state index in [0.29, 0.717) is 7.18 Å². The van der Waals surface area contributed by atoms with Crippen LogP contribution in [0, 0.1) is 6.92 Å². The summed E-state index contributed by atoms with van der Waals surface area (Å²) < 4.78 is 9.50. The summed E-state index contributed by atoms with van der Waals surface area (Å²) in [5.41, 5.74) is 2.47. The Hall–Kier alpha value is -1.05. The standard InChI is InChI=1S/C8H11N.CH3F/c1-7-3-5-8(9-2)6-4-7;1-2/h3-6,9H,1-2H3;1H3. The van der Waals surface area contributed by atoms with Crippen molar-refractivity contribution in [1.29, 1.82) is 0 Å². The summed E-state index contributed by atoms with van der Waals surface area (Å²) in [4.78, 5) is 0. The molecule has 1 rings (SSSR count). The molecule has 62 valence electrons. The van der Waals surface area contributed by atoms with Gasteiger partial charge in [-0.2, -0.15) is 0 Å². The summed E-state index contributed by atoms with van der Waals surface area (Å²) in [5.74, 6) is 0. The van der Waals surface area contributed by atoms with Crippen molar-refractivity contribution in [1.82, 2.24) is 0 Å². The predicted octanol–water partition coefficient (Wildman–Crippen LogP) is 2.62.